The summed E-state index contributed by atoms with van der Waals surface area (Å²) in [6, 6.07) is 5.90. The van der Waals surface area contributed by atoms with Crippen molar-refractivity contribution in [3.8, 4) is 11.5 Å². The Labute approximate surface area is 113 Å². The molecular weight excluding hydrogens is 240 g/mol. The van der Waals surface area contributed by atoms with Crippen LogP contribution in [0.4, 0.5) is 0 Å². The van der Waals surface area contributed by atoms with Gasteiger partial charge in [-0.3, -0.25) is 4.98 Å². The van der Waals surface area contributed by atoms with Gasteiger partial charge in [0.2, 0.25) is 0 Å². The summed E-state index contributed by atoms with van der Waals surface area (Å²) < 4.78 is 10.7. The minimum Gasteiger partial charge on any atom is -0.493 e. The van der Waals surface area contributed by atoms with Crippen molar-refractivity contribution in [3.63, 3.8) is 0 Å². The number of nitrogens with zero attached hydrogens (tertiary/aromatic N) is 1. The lowest BCUT2D eigenvalue weighted by molar-refractivity contribution is 0.355. The van der Waals surface area contributed by atoms with Gasteiger partial charge in [-0.25, -0.2) is 0 Å². The quantitative estimate of drug-likeness (QED) is 0.917. The van der Waals surface area contributed by atoms with Crippen LogP contribution in [-0.2, 0) is 5.41 Å². The summed E-state index contributed by atoms with van der Waals surface area (Å²) in [6.45, 7) is 4.71. The van der Waals surface area contributed by atoms with E-state index in [4.69, 9.17) is 15.2 Å². The number of aromatic nitrogens is 1. The van der Waals surface area contributed by atoms with E-state index in [9.17, 15) is 0 Å². The third-order valence-corrected chi connectivity index (χ3v) is 3.42. The first-order chi connectivity index (χ1) is 9.03. The monoisotopic (exact) mass is 260 g/mol. The molecule has 1 aromatic heterocycles. The minimum atomic E-state index is -0.181. The van der Waals surface area contributed by atoms with Crippen LogP contribution in [0, 0.1) is 0 Å². The molecule has 0 radical (unpaired) electrons. The lowest BCUT2D eigenvalue weighted by atomic mass is 9.86. The lowest BCUT2D eigenvalue weighted by Gasteiger charge is -2.23. The number of methoxy groups -OCH3 is 2. The van der Waals surface area contributed by atoms with E-state index in [-0.39, 0.29) is 5.41 Å². The van der Waals surface area contributed by atoms with Gasteiger partial charge in [0, 0.05) is 23.5 Å². The van der Waals surface area contributed by atoms with Gasteiger partial charge in [-0.1, -0.05) is 13.8 Å². The van der Waals surface area contributed by atoms with Gasteiger partial charge >= 0.3 is 0 Å². The molecule has 2 rings (SSSR count). The molecule has 0 fully saturated rings. The fourth-order valence-electron chi connectivity index (χ4n) is 2.14. The number of pyridine rings is 1. The van der Waals surface area contributed by atoms with Crippen LogP contribution in [0.15, 0.2) is 24.4 Å². The maximum absolute atomic E-state index is 5.86. The molecular formula is C15H20N2O2. The van der Waals surface area contributed by atoms with Crippen molar-refractivity contribution in [3.05, 3.63) is 30.1 Å². The second-order valence-electron chi connectivity index (χ2n) is 5.18. The zero-order valence-electron chi connectivity index (χ0n) is 11.9. The van der Waals surface area contributed by atoms with E-state index >= 15 is 0 Å². The van der Waals surface area contributed by atoms with Crippen molar-refractivity contribution in [1.82, 2.24) is 4.98 Å². The summed E-state index contributed by atoms with van der Waals surface area (Å²) in [6.07, 6.45) is 1.81. The smallest absolute Gasteiger partial charge is 0.161 e. The molecule has 0 saturated carbocycles. The molecule has 2 aromatic rings. The van der Waals surface area contributed by atoms with E-state index in [1.165, 1.54) is 0 Å². The molecule has 1 aromatic carbocycles. The third kappa shape index (κ3) is 2.36. The first-order valence-corrected chi connectivity index (χ1v) is 6.25. The highest BCUT2D eigenvalue weighted by Gasteiger charge is 2.23. The summed E-state index contributed by atoms with van der Waals surface area (Å²) >= 11 is 0. The molecule has 0 amide bonds. The van der Waals surface area contributed by atoms with E-state index in [0.29, 0.717) is 12.3 Å². The molecule has 102 valence electrons. The molecule has 4 heteroatoms. The second kappa shape index (κ2) is 5.05. The summed E-state index contributed by atoms with van der Waals surface area (Å²) in [7, 11) is 3.27. The van der Waals surface area contributed by atoms with Gasteiger partial charge in [0.15, 0.2) is 11.5 Å². The number of ether oxygens (including phenoxy) is 2. The molecule has 0 saturated heterocycles. The number of fused-ring (bicyclic) bond motifs is 1. The van der Waals surface area contributed by atoms with E-state index < -0.39 is 0 Å². The molecule has 0 bridgehead atoms. The highest BCUT2D eigenvalue weighted by molar-refractivity contribution is 5.88. The van der Waals surface area contributed by atoms with Gasteiger partial charge in [-0.05, 0) is 23.6 Å². The summed E-state index contributed by atoms with van der Waals surface area (Å²) in [5.41, 5.74) is 6.66. The summed E-state index contributed by atoms with van der Waals surface area (Å²) in [5.74, 6) is 1.43. The van der Waals surface area contributed by atoms with Gasteiger partial charge in [-0.15, -0.1) is 0 Å². The van der Waals surface area contributed by atoms with Crippen LogP contribution in [-0.4, -0.2) is 25.7 Å². The number of benzene rings is 1. The molecule has 0 unspecified atom stereocenters. The zero-order chi connectivity index (χ0) is 14.0. The van der Waals surface area contributed by atoms with Crippen molar-refractivity contribution in [2.75, 3.05) is 20.8 Å². The summed E-state index contributed by atoms with van der Waals surface area (Å²) in [4.78, 5) is 4.50. The number of nitrogens with two attached hydrogens (primary N) is 1. The standard InChI is InChI=1S/C15H20N2O2/c1-15(2,9-16)14-11-8-13(19-4)12(18-3)7-10(11)5-6-17-14/h5-8H,9,16H2,1-4H3. The molecule has 0 aliphatic rings. The molecule has 2 N–H and O–H groups in total. The van der Waals surface area contributed by atoms with Crippen molar-refractivity contribution >= 4 is 10.8 Å². The molecule has 19 heavy (non-hydrogen) atoms. The van der Waals surface area contributed by atoms with Crippen LogP contribution in [0.3, 0.4) is 0 Å². The van der Waals surface area contributed by atoms with Crippen molar-refractivity contribution in [2.24, 2.45) is 5.73 Å². The Hall–Kier alpha value is -1.81. The highest BCUT2D eigenvalue weighted by atomic mass is 16.5. The Morgan fingerprint density at radius 1 is 1.16 bits per heavy atom. The predicted octanol–water partition coefficient (Wildman–Crippen LogP) is 2.49. The first-order valence-electron chi connectivity index (χ1n) is 6.25. The Kier molecular flexibility index (Phi) is 3.62. The van der Waals surface area contributed by atoms with Crippen molar-refractivity contribution < 1.29 is 9.47 Å². The van der Waals surface area contributed by atoms with E-state index in [1.807, 2.05) is 18.2 Å². The molecule has 4 nitrogen and oxygen atoms in total. The fraction of sp³-hybridized carbons (Fsp3) is 0.400. The maximum Gasteiger partial charge on any atom is 0.161 e. The maximum atomic E-state index is 5.86. The largest absolute Gasteiger partial charge is 0.493 e. The van der Waals surface area contributed by atoms with Crippen LogP contribution in [0.1, 0.15) is 19.5 Å². The third-order valence-electron chi connectivity index (χ3n) is 3.42. The van der Waals surface area contributed by atoms with E-state index in [2.05, 4.69) is 18.8 Å². The van der Waals surface area contributed by atoms with Crippen LogP contribution < -0.4 is 15.2 Å². The van der Waals surface area contributed by atoms with Gasteiger partial charge in [0.25, 0.3) is 0 Å². The Morgan fingerprint density at radius 3 is 2.37 bits per heavy atom. The molecule has 0 aliphatic heterocycles. The fourth-order valence-corrected chi connectivity index (χ4v) is 2.14. The van der Waals surface area contributed by atoms with Crippen molar-refractivity contribution in [2.45, 2.75) is 19.3 Å². The minimum absolute atomic E-state index is 0.181. The second-order valence-corrected chi connectivity index (χ2v) is 5.18. The van der Waals surface area contributed by atoms with Crippen LogP contribution >= 0.6 is 0 Å². The van der Waals surface area contributed by atoms with Gasteiger partial charge in [0.05, 0.1) is 19.9 Å². The van der Waals surface area contributed by atoms with Gasteiger partial charge in [-0.2, -0.15) is 0 Å². The topological polar surface area (TPSA) is 57.4 Å². The van der Waals surface area contributed by atoms with Gasteiger partial charge in [0.1, 0.15) is 0 Å². The first kappa shape index (κ1) is 13.6. The molecule has 0 aliphatic carbocycles. The molecule has 0 atom stereocenters. The average Bonchev–Trinajstić information content (AvgIpc) is 2.44. The lowest BCUT2D eigenvalue weighted by Crippen LogP contribution is -2.29. The van der Waals surface area contributed by atoms with Gasteiger partial charge < -0.3 is 15.2 Å². The molecule has 0 spiro atoms. The number of hydrogen-bond donors (Lipinski definition) is 1. The average molecular weight is 260 g/mol. The summed E-state index contributed by atoms with van der Waals surface area (Å²) in [5, 5.41) is 2.12. The normalized spacial score (nSPS) is 11.6. The van der Waals surface area contributed by atoms with E-state index in [0.717, 1.165) is 22.2 Å². The number of rotatable bonds is 4. The Balaban J connectivity index is 2.74. The zero-order valence-corrected chi connectivity index (χ0v) is 11.9. The molecule has 1 heterocycles. The SMILES string of the molecule is COc1cc2ccnc(C(C)(C)CN)c2cc1OC. The number of hydrogen-bond acceptors (Lipinski definition) is 4. The Bertz CT molecular complexity index is 594. The van der Waals surface area contributed by atoms with Crippen LogP contribution in [0.2, 0.25) is 0 Å². The van der Waals surface area contributed by atoms with E-state index in [1.54, 1.807) is 20.4 Å². The highest BCUT2D eigenvalue weighted by Crippen LogP contribution is 2.36. The van der Waals surface area contributed by atoms with Crippen LogP contribution in [0.5, 0.6) is 11.5 Å². The Morgan fingerprint density at radius 2 is 1.79 bits per heavy atom. The van der Waals surface area contributed by atoms with Crippen molar-refractivity contribution in [1.29, 1.82) is 0 Å². The predicted molar refractivity (Wildman–Crippen MR) is 76.9 cm³/mol. The van der Waals surface area contributed by atoms with Crippen LogP contribution in [0.25, 0.3) is 10.8 Å².